The molecule has 64 valence electrons. The molecule has 0 bridgehead atoms. The quantitative estimate of drug-likeness (QED) is 0.646. The van der Waals surface area contributed by atoms with Crippen LogP contribution in [0.25, 0.3) is 0 Å². The Morgan fingerprint density at radius 2 is 2.45 bits per heavy atom. The molecule has 0 fully saturated rings. The van der Waals surface area contributed by atoms with Gasteiger partial charge in [-0.25, -0.2) is 0 Å². The van der Waals surface area contributed by atoms with Crippen LogP contribution in [-0.4, -0.2) is 19.8 Å². The van der Waals surface area contributed by atoms with E-state index in [2.05, 4.69) is 6.58 Å². The van der Waals surface area contributed by atoms with Crippen molar-refractivity contribution >= 4 is 11.6 Å². The molecular weight excluding hydrogens is 162 g/mol. The molecular formula is C8H14ClNO. The van der Waals surface area contributed by atoms with Crippen LogP contribution in [0.5, 0.6) is 0 Å². The molecule has 0 aromatic heterocycles. The molecule has 0 amide bonds. The van der Waals surface area contributed by atoms with Crippen molar-refractivity contribution in [2.75, 3.05) is 13.7 Å². The normalized spacial score (nSPS) is 14.6. The molecule has 0 radical (unpaired) electrons. The third-order valence-corrected chi connectivity index (χ3v) is 1.68. The fraction of sp³-hybridized carbons (Fsp3) is 0.500. The highest BCUT2D eigenvalue weighted by Crippen LogP contribution is 2.14. The van der Waals surface area contributed by atoms with Crippen molar-refractivity contribution in [2.45, 2.75) is 12.5 Å². The van der Waals surface area contributed by atoms with Gasteiger partial charge in [0.2, 0.25) is 0 Å². The fourth-order valence-corrected chi connectivity index (χ4v) is 0.984. The minimum atomic E-state index is -0.0854. The van der Waals surface area contributed by atoms with E-state index in [9.17, 15) is 0 Å². The molecule has 0 saturated carbocycles. The Kier molecular flexibility index (Phi) is 6.22. The van der Waals surface area contributed by atoms with Crippen LogP contribution in [-0.2, 0) is 4.74 Å². The van der Waals surface area contributed by atoms with Crippen LogP contribution in [0.4, 0.5) is 0 Å². The second kappa shape index (κ2) is 6.40. The van der Waals surface area contributed by atoms with Gasteiger partial charge in [-0.3, -0.25) is 0 Å². The molecule has 0 spiro atoms. The van der Waals surface area contributed by atoms with Crippen LogP contribution in [0.1, 0.15) is 6.42 Å². The highest BCUT2D eigenvalue weighted by atomic mass is 35.5. The van der Waals surface area contributed by atoms with Crippen LogP contribution in [0, 0.1) is 0 Å². The van der Waals surface area contributed by atoms with E-state index in [4.69, 9.17) is 22.1 Å². The number of methoxy groups -OCH3 is 1. The van der Waals surface area contributed by atoms with Gasteiger partial charge in [-0.1, -0.05) is 23.8 Å². The molecule has 0 aliphatic heterocycles. The molecule has 0 rings (SSSR count). The number of hydrogen-bond acceptors (Lipinski definition) is 2. The molecule has 0 aromatic rings. The minimum Gasteiger partial charge on any atom is -0.376 e. The van der Waals surface area contributed by atoms with Gasteiger partial charge in [0.05, 0.1) is 6.10 Å². The average Bonchev–Trinajstić information content (AvgIpc) is 2.00. The summed E-state index contributed by atoms with van der Waals surface area (Å²) in [6.07, 6.45) is 4.13. The highest BCUT2D eigenvalue weighted by molar-refractivity contribution is 6.30. The van der Waals surface area contributed by atoms with E-state index >= 15 is 0 Å². The van der Waals surface area contributed by atoms with E-state index in [0.717, 1.165) is 0 Å². The van der Waals surface area contributed by atoms with Gasteiger partial charge in [-0.2, -0.15) is 0 Å². The third kappa shape index (κ3) is 4.19. The Bertz CT molecular complexity index is 145. The fourth-order valence-electron chi connectivity index (χ4n) is 0.717. The van der Waals surface area contributed by atoms with Gasteiger partial charge in [-0.05, 0) is 6.42 Å². The molecule has 3 heteroatoms. The Labute approximate surface area is 72.7 Å². The lowest BCUT2D eigenvalue weighted by molar-refractivity contribution is 0.140. The van der Waals surface area contributed by atoms with Crippen LogP contribution in [0.2, 0.25) is 0 Å². The van der Waals surface area contributed by atoms with Gasteiger partial charge in [0.15, 0.2) is 0 Å². The molecule has 0 aliphatic carbocycles. The number of halogens is 1. The first-order valence-corrected chi connectivity index (χ1v) is 3.83. The van der Waals surface area contributed by atoms with Crippen molar-refractivity contribution in [2.24, 2.45) is 5.73 Å². The zero-order valence-electron chi connectivity index (χ0n) is 6.72. The van der Waals surface area contributed by atoms with Crippen molar-refractivity contribution in [1.29, 1.82) is 0 Å². The maximum absolute atomic E-state index is 5.83. The van der Waals surface area contributed by atoms with Gasteiger partial charge < -0.3 is 10.5 Å². The summed E-state index contributed by atoms with van der Waals surface area (Å²) < 4.78 is 5.08. The molecule has 0 saturated heterocycles. The van der Waals surface area contributed by atoms with Crippen LogP contribution < -0.4 is 5.73 Å². The Morgan fingerprint density at radius 1 is 1.82 bits per heavy atom. The van der Waals surface area contributed by atoms with Crippen molar-refractivity contribution in [1.82, 2.24) is 0 Å². The Hall–Kier alpha value is -0.310. The summed E-state index contributed by atoms with van der Waals surface area (Å²) in [6.45, 7) is 4.03. The monoisotopic (exact) mass is 175 g/mol. The first-order chi connectivity index (χ1) is 5.26. The topological polar surface area (TPSA) is 35.2 Å². The van der Waals surface area contributed by atoms with Gasteiger partial charge in [0, 0.05) is 18.7 Å². The molecule has 2 nitrogen and oxygen atoms in total. The molecule has 1 unspecified atom stereocenters. The molecule has 11 heavy (non-hydrogen) atoms. The van der Waals surface area contributed by atoms with Gasteiger partial charge in [-0.15, -0.1) is 6.58 Å². The van der Waals surface area contributed by atoms with Gasteiger partial charge >= 0.3 is 0 Å². The standard InChI is InChI=1S/C8H14ClNO/c1-3-4-8(11-2)7(9)5-6-10/h3,5,8H,1,4,6,10H2,2H3/b7-5+. The summed E-state index contributed by atoms with van der Waals surface area (Å²) in [7, 11) is 1.61. The highest BCUT2D eigenvalue weighted by Gasteiger charge is 2.07. The maximum Gasteiger partial charge on any atom is 0.0958 e. The van der Waals surface area contributed by atoms with Crippen LogP contribution in [0.3, 0.4) is 0 Å². The van der Waals surface area contributed by atoms with E-state index in [1.807, 2.05) is 0 Å². The van der Waals surface area contributed by atoms with E-state index in [1.165, 1.54) is 0 Å². The predicted molar refractivity (Wildman–Crippen MR) is 48.6 cm³/mol. The van der Waals surface area contributed by atoms with E-state index in [-0.39, 0.29) is 6.10 Å². The lowest BCUT2D eigenvalue weighted by Gasteiger charge is -2.11. The largest absolute Gasteiger partial charge is 0.376 e. The number of rotatable bonds is 5. The van der Waals surface area contributed by atoms with E-state index in [1.54, 1.807) is 19.3 Å². The lowest BCUT2D eigenvalue weighted by Crippen LogP contribution is -2.10. The number of ether oxygens (including phenoxy) is 1. The third-order valence-electron chi connectivity index (χ3n) is 1.29. The summed E-state index contributed by atoms with van der Waals surface area (Å²) in [5.41, 5.74) is 5.28. The molecule has 0 aromatic carbocycles. The van der Waals surface area contributed by atoms with Gasteiger partial charge in [0.1, 0.15) is 0 Å². The smallest absolute Gasteiger partial charge is 0.0958 e. The molecule has 0 aliphatic rings. The molecule has 1 atom stereocenters. The molecule has 0 heterocycles. The first-order valence-electron chi connectivity index (χ1n) is 3.45. The Balaban J connectivity index is 4.00. The van der Waals surface area contributed by atoms with Crippen LogP contribution >= 0.6 is 11.6 Å². The summed E-state index contributed by atoms with van der Waals surface area (Å²) in [4.78, 5) is 0. The summed E-state index contributed by atoms with van der Waals surface area (Å²) in [6, 6.07) is 0. The van der Waals surface area contributed by atoms with E-state index < -0.39 is 0 Å². The lowest BCUT2D eigenvalue weighted by atomic mass is 10.2. The molecule has 2 N–H and O–H groups in total. The summed E-state index contributed by atoms with van der Waals surface area (Å²) in [5, 5.41) is 0.648. The maximum atomic E-state index is 5.83. The first kappa shape index (κ1) is 10.7. The average molecular weight is 176 g/mol. The van der Waals surface area contributed by atoms with Crippen LogP contribution in [0.15, 0.2) is 23.8 Å². The van der Waals surface area contributed by atoms with Crippen molar-refractivity contribution < 1.29 is 4.74 Å². The minimum absolute atomic E-state index is 0.0854. The predicted octanol–water partition coefficient (Wildman–Crippen LogP) is 1.66. The SMILES string of the molecule is C=CCC(OC)/C(Cl)=C\CN. The summed E-state index contributed by atoms with van der Waals surface area (Å²) in [5.74, 6) is 0. The second-order valence-corrected chi connectivity index (χ2v) is 2.51. The van der Waals surface area contributed by atoms with Gasteiger partial charge in [0.25, 0.3) is 0 Å². The summed E-state index contributed by atoms with van der Waals surface area (Å²) >= 11 is 5.83. The Morgan fingerprint density at radius 3 is 2.82 bits per heavy atom. The zero-order valence-corrected chi connectivity index (χ0v) is 7.47. The number of hydrogen-bond donors (Lipinski definition) is 1. The van der Waals surface area contributed by atoms with E-state index in [0.29, 0.717) is 18.0 Å². The van der Waals surface area contributed by atoms with Crippen molar-refractivity contribution in [3.05, 3.63) is 23.8 Å². The zero-order chi connectivity index (χ0) is 8.69. The van der Waals surface area contributed by atoms with Crippen molar-refractivity contribution in [3.8, 4) is 0 Å². The second-order valence-electron chi connectivity index (χ2n) is 2.07. The number of nitrogens with two attached hydrogens (primary N) is 1. The van der Waals surface area contributed by atoms with Crippen molar-refractivity contribution in [3.63, 3.8) is 0 Å².